The van der Waals surface area contributed by atoms with E-state index in [1.807, 2.05) is 42.5 Å². The Balaban J connectivity index is 1.61. The number of anilines is 4. The van der Waals surface area contributed by atoms with Crippen molar-refractivity contribution in [1.82, 2.24) is 9.97 Å². The van der Waals surface area contributed by atoms with Crippen molar-refractivity contribution in [3.8, 4) is 0 Å². The Labute approximate surface area is 192 Å². The van der Waals surface area contributed by atoms with Crippen molar-refractivity contribution in [3.05, 3.63) is 108 Å². The summed E-state index contributed by atoms with van der Waals surface area (Å²) in [5.74, 6) is 0.563. The number of carbonyl (C=O) groups is 1. The zero-order valence-corrected chi connectivity index (χ0v) is 18.2. The van der Waals surface area contributed by atoms with Crippen LogP contribution in [0.4, 0.5) is 23.0 Å². The maximum absolute atomic E-state index is 12.1. The Hall–Kier alpha value is -4.39. The molecule has 0 atom stereocenters. The van der Waals surface area contributed by atoms with E-state index in [0.29, 0.717) is 35.2 Å². The van der Waals surface area contributed by atoms with E-state index in [1.165, 1.54) is 6.33 Å². The van der Waals surface area contributed by atoms with E-state index in [4.69, 9.17) is 10.5 Å². The Morgan fingerprint density at radius 2 is 1.55 bits per heavy atom. The molecule has 4 N–H and O–H groups in total. The maximum atomic E-state index is 12.1. The SMILES string of the molecule is CCOC(=O)c1cccc(Nc2ncnc(NC(c3ccccc3)c3ccccc3)c2N)c1. The molecule has 0 spiro atoms. The number of nitrogens with zero attached hydrogens (tertiary/aromatic N) is 2. The van der Waals surface area contributed by atoms with Gasteiger partial charge in [0.05, 0.1) is 18.2 Å². The van der Waals surface area contributed by atoms with Crippen LogP contribution in [0.25, 0.3) is 0 Å². The lowest BCUT2D eigenvalue weighted by molar-refractivity contribution is 0.0526. The summed E-state index contributed by atoms with van der Waals surface area (Å²) in [4.78, 5) is 20.7. The number of rotatable bonds is 8. The number of nitrogen functional groups attached to an aromatic ring is 1. The number of aromatic nitrogens is 2. The highest BCUT2D eigenvalue weighted by atomic mass is 16.5. The van der Waals surface area contributed by atoms with Crippen molar-refractivity contribution in [2.75, 3.05) is 23.0 Å². The van der Waals surface area contributed by atoms with Crippen LogP contribution in [0.2, 0.25) is 0 Å². The van der Waals surface area contributed by atoms with Crippen LogP contribution in [-0.4, -0.2) is 22.5 Å². The van der Waals surface area contributed by atoms with Gasteiger partial charge in [-0.05, 0) is 36.2 Å². The molecule has 3 aromatic carbocycles. The molecule has 4 rings (SSSR count). The Morgan fingerprint density at radius 1 is 0.909 bits per heavy atom. The van der Waals surface area contributed by atoms with Gasteiger partial charge >= 0.3 is 5.97 Å². The molecule has 166 valence electrons. The molecule has 1 aromatic heterocycles. The van der Waals surface area contributed by atoms with Crippen LogP contribution in [0.15, 0.2) is 91.3 Å². The second kappa shape index (κ2) is 10.3. The van der Waals surface area contributed by atoms with Crippen molar-refractivity contribution in [2.24, 2.45) is 0 Å². The van der Waals surface area contributed by atoms with Crippen LogP contribution < -0.4 is 16.4 Å². The molecule has 1 heterocycles. The van der Waals surface area contributed by atoms with Gasteiger partial charge in [0.15, 0.2) is 11.6 Å². The van der Waals surface area contributed by atoms with E-state index in [9.17, 15) is 4.79 Å². The third-order valence-electron chi connectivity index (χ3n) is 5.07. The molecule has 7 nitrogen and oxygen atoms in total. The van der Waals surface area contributed by atoms with E-state index >= 15 is 0 Å². The van der Waals surface area contributed by atoms with Gasteiger partial charge in [0.1, 0.15) is 12.0 Å². The third-order valence-corrected chi connectivity index (χ3v) is 5.07. The summed E-state index contributed by atoms with van der Waals surface area (Å²) in [7, 11) is 0. The first kappa shape index (κ1) is 21.8. The van der Waals surface area contributed by atoms with Crippen LogP contribution in [0.1, 0.15) is 34.5 Å². The number of hydrogen-bond acceptors (Lipinski definition) is 7. The molecule has 0 amide bonds. The first-order chi connectivity index (χ1) is 16.2. The molecule has 0 aliphatic carbocycles. The van der Waals surface area contributed by atoms with Crippen molar-refractivity contribution in [3.63, 3.8) is 0 Å². The molecular formula is C26H25N5O2. The van der Waals surface area contributed by atoms with Crippen LogP contribution in [0.3, 0.4) is 0 Å². The Bertz CT molecular complexity index is 1180. The minimum absolute atomic E-state index is 0.149. The number of benzene rings is 3. The van der Waals surface area contributed by atoms with Gasteiger partial charge in [-0.25, -0.2) is 14.8 Å². The molecule has 0 bridgehead atoms. The number of hydrogen-bond donors (Lipinski definition) is 3. The standard InChI is InChI=1S/C26H25N5O2/c1-2-33-26(32)20-14-9-15-21(16-20)30-24-22(27)25(29-17-28-24)31-23(18-10-5-3-6-11-18)19-12-7-4-8-13-19/h3-17,23H,2,27H2,1H3,(H2,28,29,30,31). The first-order valence-corrected chi connectivity index (χ1v) is 10.7. The predicted molar refractivity (Wildman–Crippen MR) is 130 cm³/mol. The lowest BCUT2D eigenvalue weighted by Gasteiger charge is -2.22. The molecule has 33 heavy (non-hydrogen) atoms. The molecule has 7 heteroatoms. The summed E-state index contributed by atoms with van der Waals surface area (Å²) in [5, 5.41) is 6.64. The molecule has 0 aliphatic rings. The Kier molecular flexibility index (Phi) is 6.80. The zero-order valence-electron chi connectivity index (χ0n) is 18.2. The quantitative estimate of drug-likeness (QED) is 0.325. The highest BCUT2D eigenvalue weighted by Crippen LogP contribution is 2.31. The zero-order chi connectivity index (χ0) is 23.0. The van der Waals surface area contributed by atoms with Crippen LogP contribution in [0, 0.1) is 0 Å². The second-order valence-electron chi connectivity index (χ2n) is 7.31. The molecule has 0 unspecified atom stereocenters. The average Bonchev–Trinajstić information content (AvgIpc) is 2.86. The van der Waals surface area contributed by atoms with Gasteiger partial charge in [-0.3, -0.25) is 0 Å². The van der Waals surface area contributed by atoms with Gasteiger partial charge in [0, 0.05) is 5.69 Å². The van der Waals surface area contributed by atoms with E-state index < -0.39 is 0 Å². The highest BCUT2D eigenvalue weighted by molar-refractivity contribution is 5.91. The molecule has 0 aliphatic heterocycles. The van der Waals surface area contributed by atoms with Gasteiger partial charge in [0.25, 0.3) is 0 Å². The van der Waals surface area contributed by atoms with Gasteiger partial charge in [-0.2, -0.15) is 0 Å². The van der Waals surface area contributed by atoms with Gasteiger partial charge < -0.3 is 21.1 Å². The number of ether oxygens (including phenoxy) is 1. The van der Waals surface area contributed by atoms with Crippen LogP contribution in [-0.2, 0) is 4.74 Å². The minimum atomic E-state index is -0.382. The molecular weight excluding hydrogens is 414 g/mol. The highest BCUT2D eigenvalue weighted by Gasteiger charge is 2.17. The summed E-state index contributed by atoms with van der Waals surface area (Å²) >= 11 is 0. The molecule has 0 radical (unpaired) electrons. The largest absolute Gasteiger partial charge is 0.462 e. The van der Waals surface area contributed by atoms with E-state index in [1.54, 1.807) is 25.1 Å². The van der Waals surface area contributed by atoms with Crippen molar-refractivity contribution in [1.29, 1.82) is 0 Å². The fourth-order valence-electron chi connectivity index (χ4n) is 3.47. The monoisotopic (exact) mass is 439 g/mol. The summed E-state index contributed by atoms with van der Waals surface area (Å²) < 4.78 is 5.08. The van der Waals surface area contributed by atoms with E-state index in [-0.39, 0.29) is 12.0 Å². The summed E-state index contributed by atoms with van der Waals surface area (Å²) in [5.41, 5.74) is 10.1. The number of esters is 1. The first-order valence-electron chi connectivity index (χ1n) is 10.7. The van der Waals surface area contributed by atoms with Crippen LogP contribution in [0.5, 0.6) is 0 Å². The average molecular weight is 440 g/mol. The topological polar surface area (TPSA) is 102 Å². The predicted octanol–water partition coefficient (Wildman–Crippen LogP) is 5.18. The summed E-state index contributed by atoms with van der Waals surface area (Å²) in [6.45, 7) is 2.09. The maximum Gasteiger partial charge on any atom is 0.338 e. The fraction of sp³-hybridized carbons (Fsp3) is 0.115. The van der Waals surface area contributed by atoms with E-state index in [0.717, 1.165) is 11.1 Å². The smallest absolute Gasteiger partial charge is 0.338 e. The number of carbonyl (C=O) groups excluding carboxylic acids is 1. The van der Waals surface area contributed by atoms with Crippen LogP contribution >= 0.6 is 0 Å². The van der Waals surface area contributed by atoms with Crippen molar-refractivity contribution < 1.29 is 9.53 Å². The normalized spacial score (nSPS) is 10.6. The molecule has 0 saturated carbocycles. The van der Waals surface area contributed by atoms with Gasteiger partial charge in [0.2, 0.25) is 0 Å². The third kappa shape index (κ3) is 5.27. The lowest BCUT2D eigenvalue weighted by atomic mass is 9.99. The van der Waals surface area contributed by atoms with Gasteiger partial charge in [-0.1, -0.05) is 66.7 Å². The lowest BCUT2D eigenvalue weighted by Crippen LogP contribution is -2.15. The van der Waals surface area contributed by atoms with E-state index in [2.05, 4.69) is 44.9 Å². The molecule has 0 fully saturated rings. The van der Waals surface area contributed by atoms with Gasteiger partial charge in [-0.15, -0.1) is 0 Å². The number of nitrogens with one attached hydrogen (secondary N) is 2. The summed E-state index contributed by atoms with van der Waals surface area (Å²) in [6.07, 6.45) is 1.45. The number of nitrogens with two attached hydrogens (primary N) is 1. The minimum Gasteiger partial charge on any atom is -0.462 e. The second-order valence-corrected chi connectivity index (χ2v) is 7.31. The van der Waals surface area contributed by atoms with Crippen molar-refractivity contribution in [2.45, 2.75) is 13.0 Å². The molecule has 0 saturated heterocycles. The fourth-order valence-corrected chi connectivity index (χ4v) is 3.47. The Morgan fingerprint density at radius 3 is 2.18 bits per heavy atom. The van der Waals surface area contributed by atoms with Crippen molar-refractivity contribution >= 4 is 29.0 Å². The molecule has 4 aromatic rings. The summed E-state index contributed by atoms with van der Waals surface area (Å²) in [6, 6.07) is 27.0.